The lowest BCUT2D eigenvalue weighted by atomic mass is 10.0. The zero-order valence-corrected chi connectivity index (χ0v) is 15.0. The number of carbonyl (C=O) groups is 1. The van der Waals surface area contributed by atoms with Crippen molar-refractivity contribution < 1.29 is 14.3 Å². The van der Waals surface area contributed by atoms with Crippen molar-refractivity contribution in [2.75, 3.05) is 14.2 Å². The van der Waals surface area contributed by atoms with Crippen LogP contribution in [0, 0.1) is 6.92 Å². The second kappa shape index (κ2) is 6.62. The molecule has 21 heavy (non-hydrogen) atoms. The highest BCUT2D eigenvalue weighted by molar-refractivity contribution is 9.11. The van der Waals surface area contributed by atoms with Gasteiger partial charge in [0.25, 0.3) is 0 Å². The molecular formula is C16H14Br2O3. The minimum absolute atomic E-state index is 0.0848. The van der Waals surface area contributed by atoms with Crippen molar-refractivity contribution in [3.8, 4) is 11.5 Å². The predicted molar refractivity (Wildman–Crippen MR) is 89.6 cm³/mol. The average molecular weight is 414 g/mol. The van der Waals surface area contributed by atoms with Gasteiger partial charge in [-0.05, 0) is 62.5 Å². The van der Waals surface area contributed by atoms with Gasteiger partial charge in [-0.2, -0.15) is 0 Å². The van der Waals surface area contributed by atoms with Gasteiger partial charge in [0.05, 0.1) is 14.2 Å². The van der Waals surface area contributed by atoms with Gasteiger partial charge < -0.3 is 9.47 Å². The van der Waals surface area contributed by atoms with Crippen LogP contribution in [0.2, 0.25) is 0 Å². The minimum atomic E-state index is -0.0848. The highest BCUT2D eigenvalue weighted by Crippen LogP contribution is 2.35. The van der Waals surface area contributed by atoms with Gasteiger partial charge in [0.2, 0.25) is 0 Å². The standard InChI is InChI=1S/C16H14Br2O3/c1-9-5-4-6-10(15(9)18)16(19)11-7-13(20-2)14(21-3)8-12(11)17/h4-8H,1-3H3. The van der Waals surface area contributed by atoms with Gasteiger partial charge in [0, 0.05) is 20.1 Å². The summed E-state index contributed by atoms with van der Waals surface area (Å²) in [4.78, 5) is 12.8. The molecule has 0 amide bonds. The Morgan fingerprint density at radius 1 is 1.00 bits per heavy atom. The summed E-state index contributed by atoms with van der Waals surface area (Å²) >= 11 is 6.89. The Labute approximate surface area is 140 Å². The molecule has 0 unspecified atom stereocenters. The van der Waals surface area contributed by atoms with Crippen molar-refractivity contribution in [2.24, 2.45) is 0 Å². The van der Waals surface area contributed by atoms with E-state index in [9.17, 15) is 4.79 Å². The average Bonchev–Trinajstić information content (AvgIpc) is 2.49. The Bertz CT molecular complexity index is 696. The molecule has 0 fully saturated rings. The Morgan fingerprint density at radius 2 is 1.62 bits per heavy atom. The number of halogens is 2. The van der Waals surface area contributed by atoms with E-state index in [1.807, 2.05) is 19.1 Å². The van der Waals surface area contributed by atoms with Gasteiger partial charge in [-0.3, -0.25) is 4.79 Å². The summed E-state index contributed by atoms with van der Waals surface area (Å²) in [5.41, 5.74) is 2.15. The van der Waals surface area contributed by atoms with Gasteiger partial charge in [0.15, 0.2) is 17.3 Å². The summed E-state index contributed by atoms with van der Waals surface area (Å²) in [7, 11) is 3.10. The van der Waals surface area contributed by atoms with E-state index in [2.05, 4.69) is 31.9 Å². The van der Waals surface area contributed by atoms with Gasteiger partial charge >= 0.3 is 0 Å². The quantitative estimate of drug-likeness (QED) is 0.677. The maximum atomic E-state index is 12.8. The largest absolute Gasteiger partial charge is 0.493 e. The number of hydrogen-bond donors (Lipinski definition) is 0. The van der Waals surface area contributed by atoms with Crippen LogP contribution in [-0.4, -0.2) is 20.0 Å². The molecule has 0 aliphatic carbocycles. The predicted octanol–water partition coefficient (Wildman–Crippen LogP) is 4.77. The molecular weight excluding hydrogens is 400 g/mol. The number of methoxy groups -OCH3 is 2. The Kier molecular flexibility index (Phi) is 5.06. The molecule has 2 rings (SSSR count). The second-order valence-electron chi connectivity index (χ2n) is 4.45. The maximum Gasteiger partial charge on any atom is 0.195 e. The van der Waals surface area contributed by atoms with E-state index in [1.165, 1.54) is 0 Å². The van der Waals surface area contributed by atoms with Gasteiger partial charge in [-0.1, -0.05) is 12.1 Å². The Hall–Kier alpha value is -1.33. The fourth-order valence-corrected chi connectivity index (χ4v) is 2.94. The number of rotatable bonds is 4. The molecule has 0 saturated heterocycles. The fourth-order valence-electron chi connectivity index (χ4n) is 2.00. The van der Waals surface area contributed by atoms with Gasteiger partial charge in [-0.25, -0.2) is 0 Å². The lowest BCUT2D eigenvalue weighted by Crippen LogP contribution is -2.05. The molecule has 0 N–H and O–H groups in total. The lowest BCUT2D eigenvalue weighted by Gasteiger charge is -2.12. The zero-order valence-electron chi connectivity index (χ0n) is 11.9. The summed E-state index contributed by atoms with van der Waals surface area (Å²) in [5.74, 6) is 1.01. The second-order valence-corrected chi connectivity index (χ2v) is 6.10. The number of benzene rings is 2. The fraction of sp³-hybridized carbons (Fsp3) is 0.188. The number of carbonyl (C=O) groups excluding carboxylic acids is 1. The molecule has 0 bridgehead atoms. The van der Waals surface area contributed by atoms with Crippen LogP contribution in [0.4, 0.5) is 0 Å². The summed E-state index contributed by atoms with van der Waals surface area (Å²) in [6.45, 7) is 1.95. The molecule has 0 spiro atoms. The minimum Gasteiger partial charge on any atom is -0.493 e. The number of ketones is 1. The van der Waals surface area contributed by atoms with E-state index < -0.39 is 0 Å². The first-order chi connectivity index (χ1) is 9.99. The summed E-state index contributed by atoms with van der Waals surface area (Å²) in [6.07, 6.45) is 0. The van der Waals surface area contributed by atoms with Crippen molar-refractivity contribution in [3.05, 3.63) is 56.0 Å². The summed E-state index contributed by atoms with van der Waals surface area (Å²) in [6, 6.07) is 9.02. The molecule has 110 valence electrons. The topological polar surface area (TPSA) is 35.5 Å². The highest BCUT2D eigenvalue weighted by atomic mass is 79.9. The van der Waals surface area contributed by atoms with E-state index in [4.69, 9.17) is 9.47 Å². The number of ether oxygens (including phenoxy) is 2. The van der Waals surface area contributed by atoms with Crippen LogP contribution in [-0.2, 0) is 0 Å². The first-order valence-corrected chi connectivity index (χ1v) is 7.79. The SMILES string of the molecule is COc1cc(Br)c(C(=O)c2cccc(C)c2Br)cc1OC. The van der Waals surface area contributed by atoms with E-state index in [1.54, 1.807) is 32.4 Å². The maximum absolute atomic E-state index is 12.8. The van der Waals surface area contributed by atoms with E-state index in [0.29, 0.717) is 27.1 Å². The van der Waals surface area contributed by atoms with Gasteiger partial charge in [0.1, 0.15) is 0 Å². The molecule has 5 heteroatoms. The van der Waals surface area contributed by atoms with Crippen molar-refractivity contribution in [3.63, 3.8) is 0 Å². The molecule has 0 heterocycles. The van der Waals surface area contributed by atoms with Crippen LogP contribution >= 0.6 is 31.9 Å². The molecule has 0 aliphatic heterocycles. The zero-order chi connectivity index (χ0) is 15.6. The molecule has 0 aromatic heterocycles. The number of aryl methyl sites for hydroxylation is 1. The van der Waals surface area contributed by atoms with Crippen LogP contribution in [0.3, 0.4) is 0 Å². The summed E-state index contributed by atoms with van der Waals surface area (Å²) in [5, 5.41) is 0. The monoisotopic (exact) mass is 412 g/mol. The molecule has 0 radical (unpaired) electrons. The normalized spacial score (nSPS) is 10.3. The molecule has 3 nitrogen and oxygen atoms in total. The summed E-state index contributed by atoms with van der Waals surface area (Å²) < 4.78 is 12.0. The third-order valence-corrected chi connectivity index (χ3v) is 4.86. The lowest BCUT2D eigenvalue weighted by molar-refractivity contribution is 0.103. The first kappa shape index (κ1) is 16.0. The Balaban J connectivity index is 2.56. The molecule has 0 saturated carbocycles. The van der Waals surface area contributed by atoms with Crippen LogP contribution in [0.5, 0.6) is 11.5 Å². The van der Waals surface area contributed by atoms with E-state index >= 15 is 0 Å². The smallest absolute Gasteiger partial charge is 0.195 e. The highest BCUT2D eigenvalue weighted by Gasteiger charge is 2.19. The third kappa shape index (κ3) is 3.14. The third-order valence-electron chi connectivity index (χ3n) is 3.15. The molecule has 2 aromatic carbocycles. The van der Waals surface area contributed by atoms with Crippen molar-refractivity contribution in [1.29, 1.82) is 0 Å². The van der Waals surface area contributed by atoms with Crippen molar-refractivity contribution in [1.82, 2.24) is 0 Å². The Morgan fingerprint density at radius 3 is 2.24 bits per heavy atom. The molecule has 0 atom stereocenters. The van der Waals surface area contributed by atoms with Crippen LogP contribution in [0.15, 0.2) is 39.3 Å². The van der Waals surface area contributed by atoms with E-state index in [-0.39, 0.29) is 5.78 Å². The van der Waals surface area contributed by atoms with E-state index in [0.717, 1.165) is 10.0 Å². The van der Waals surface area contributed by atoms with Crippen molar-refractivity contribution >= 4 is 37.6 Å². The molecule has 2 aromatic rings. The van der Waals surface area contributed by atoms with Crippen molar-refractivity contribution in [2.45, 2.75) is 6.92 Å². The van der Waals surface area contributed by atoms with Crippen LogP contribution in [0.1, 0.15) is 21.5 Å². The first-order valence-electron chi connectivity index (χ1n) is 6.21. The van der Waals surface area contributed by atoms with Crippen LogP contribution in [0.25, 0.3) is 0 Å². The van der Waals surface area contributed by atoms with Gasteiger partial charge in [-0.15, -0.1) is 0 Å². The van der Waals surface area contributed by atoms with Crippen LogP contribution < -0.4 is 9.47 Å². The number of hydrogen-bond acceptors (Lipinski definition) is 3. The molecule has 0 aliphatic rings.